The van der Waals surface area contributed by atoms with Crippen LogP contribution in [0.25, 0.3) is 0 Å². The smallest absolute Gasteiger partial charge is 0.304 e. The fraction of sp³-hybridized carbons (Fsp3) is 0.714. The number of hydrogen-bond acceptors (Lipinski definition) is 10. The molecule has 10 nitrogen and oxygen atoms in total. The van der Waals surface area contributed by atoms with Gasteiger partial charge in [0.2, 0.25) is 6.29 Å². The molecule has 1 saturated heterocycles. The van der Waals surface area contributed by atoms with Crippen molar-refractivity contribution in [1.29, 1.82) is 0 Å². The second kappa shape index (κ2) is 10.2. The minimum absolute atomic E-state index is 0. The molecule has 0 bridgehead atoms. The highest BCUT2D eigenvalue weighted by Gasteiger charge is 2.50. The number of hydrogen-bond donors (Lipinski definition) is 1. The first-order valence-corrected chi connectivity index (χ1v) is 7.18. The van der Waals surface area contributed by atoms with Crippen LogP contribution in [0, 0.1) is 0 Å². The van der Waals surface area contributed by atoms with E-state index in [2.05, 4.69) is 0 Å². The molecule has 0 unspecified atom stereocenters. The van der Waals surface area contributed by atoms with Crippen molar-refractivity contribution in [3.63, 3.8) is 0 Å². The molecule has 0 aromatic rings. The van der Waals surface area contributed by atoms with E-state index in [-0.39, 0.29) is 19.0 Å². The Labute approximate surface area is 150 Å². The number of nitrogens with two attached hydrogens (primary N) is 1. The maximum atomic E-state index is 11.3. The molecular formula is C14H22ClNO9. The van der Waals surface area contributed by atoms with Crippen LogP contribution >= 0.6 is 12.4 Å². The van der Waals surface area contributed by atoms with Crippen LogP contribution < -0.4 is 5.73 Å². The Morgan fingerprint density at radius 1 is 0.840 bits per heavy atom. The Bertz CT molecular complexity index is 497. The normalized spacial score (nSPS) is 28.1. The van der Waals surface area contributed by atoms with Gasteiger partial charge in [0.15, 0.2) is 12.2 Å². The maximum Gasteiger partial charge on any atom is 0.304 e. The molecule has 0 aromatic carbocycles. The minimum Gasteiger partial charge on any atom is -0.463 e. The second-order valence-corrected chi connectivity index (χ2v) is 5.18. The molecule has 0 radical (unpaired) electrons. The molecule has 5 atom stereocenters. The van der Waals surface area contributed by atoms with Gasteiger partial charge >= 0.3 is 23.9 Å². The first kappa shape index (κ1) is 23.1. The molecule has 0 amide bonds. The van der Waals surface area contributed by atoms with Gasteiger partial charge in [0, 0.05) is 27.7 Å². The third-order valence-electron chi connectivity index (χ3n) is 3.03. The number of esters is 4. The summed E-state index contributed by atoms with van der Waals surface area (Å²) in [6.45, 7) is 4.32. The number of carbonyl (C=O) groups is 4. The van der Waals surface area contributed by atoms with Crippen molar-refractivity contribution in [2.24, 2.45) is 5.73 Å². The Balaban J connectivity index is 0.00000576. The van der Waals surface area contributed by atoms with Gasteiger partial charge in [-0.3, -0.25) is 19.2 Å². The summed E-state index contributed by atoms with van der Waals surface area (Å²) in [6.07, 6.45) is -4.58. The van der Waals surface area contributed by atoms with Gasteiger partial charge in [-0.05, 0) is 0 Å². The molecule has 1 aliphatic heterocycles. The van der Waals surface area contributed by atoms with Crippen LogP contribution in [0.1, 0.15) is 27.7 Å². The SMILES string of the molecule is CC(=O)OC[C@H]1O[C@H](OC(C)=O)[C@@H](N)[C@@H](OC(C)=O)[C@@H]1OC(C)=O.Cl. The highest BCUT2D eigenvalue weighted by molar-refractivity contribution is 5.85. The second-order valence-electron chi connectivity index (χ2n) is 5.18. The number of halogens is 1. The maximum absolute atomic E-state index is 11.3. The van der Waals surface area contributed by atoms with Crippen molar-refractivity contribution < 1.29 is 42.9 Å². The molecule has 1 aliphatic rings. The predicted octanol–water partition coefficient (Wildman–Crippen LogP) is -0.550. The summed E-state index contributed by atoms with van der Waals surface area (Å²) in [5.41, 5.74) is 5.93. The van der Waals surface area contributed by atoms with Gasteiger partial charge in [-0.1, -0.05) is 0 Å². The minimum atomic E-state index is -1.26. The van der Waals surface area contributed by atoms with E-state index in [1.165, 1.54) is 6.92 Å². The number of carbonyl (C=O) groups excluding carboxylic acids is 4. The molecule has 0 aliphatic carbocycles. The van der Waals surface area contributed by atoms with Crippen LogP contribution in [0.3, 0.4) is 0 Å². The summed E-state index contributed by atoms with van der Waals surface area (Å²) < 4.78 is 25.5. The lowest BCUT2D eigenvalue weighted by molar-refractivity contribution is -0.267. The lowest BCUT2D eigenvalue weighted by Crippen LogP contribution is -2.65. The van der Waals surface area contributed by atoms with E-state index in [1.54, 1.807) is 0 Å². The standard InChI is InChI=1S/C14H21NO9.ClH/c1-6(16)20-5-10-12(21-7(2)17)13(22-8(3)18)11(15)14(24-10)23-9(4)19;/h10-14H,5,15H2,1-4H3;1H/t10-,11+,12-,13-,14+;/m1./s1. The molecule has 144 valence electrons. The lowest BCUT2D eigenvalue weighted by atomic mass is 9.97. The zero-order valence-electron chi connectivity index (χ0n) is 14.3. The molecule has 0 spiro atoms. The third-order valence-corrected chi connectivity index (χ3v) is 3.03. The molecule has 0 aromatic heterocycles. The van der Waals surface area contributed by atoms with E-state index < -0.39 is 54.5 Å². The topological polar surface area (TPSA) is 140 Å². The summed E-state index contributed by atoms with van der Waals surface area (Å²) in [4.78, 5) is 44.9. The molecular weight excluding hydrogens is 362 g/mol. The largest absolute Gasteiger partial charge is 0.463 e. The third kappa shape index (κ3) is 7.24. The van der Waals surface area contributed by atoms with Crippen LogP contribution in [0.4, 0.5) is 0 Å². The summed E-state index contributed by atoms with van der Waals surface area (Å²) in [5.74, 6) is -2.62. The van der Waals surface area contributed by atoms with Crippen LogP contribution in [0.2, 0.25) is 0 Å². The van der Waals surface area contributed by atoms with Crippen molar-refractivity contribution in [2.45, 2.75) is 58.3 Å². The van der Waals surface area contributed by atoms with Crippen LogP contribution in [-0.4, -0.2) is 61.1 Å². The zero-order valence-corrected chi connectivity index (χ0v) is 15.1. The number of rotatable bonds is 5. The molecule has 1 rings (SSSR count). The quantitative estimate of drug-likeness (QED) is 0.485. The van der Waals surface area contributed by atoms with E-state index >= 15 is 0 Å². The number of ether oxygens (including phenoxy) is 5. The Hall–Kier alpha value is -1.91. The fourth-order valence-electron chi connectivity index (χ4n) is 2.20. The van der Waals surface area contributed by atoms with E-state index in [0.29, 0.717) is 0 Å². The van der Waals surface area contributed by atoms with Gasteiger partial charge in [0.05, 0.1) is 0 Å². The monoisotopic (exact) mass is 383 g/mol. The van der Waals surface area contributed by atoms with Crippen LogP contribution in [0.5, 0.6) is 0 Å². The van der Waals surface area contributed by atoms with E-state index in [1.807, 2.05) is 0 Å². The summed E-state index contributed by atoms with van der Waals surface area (Å²) >= 11 is 0. The average Bonchev–Trinajstić information content (AvgIpc) is 2.42. The van der Waals surface area contributed by atoms with E-state index in [9.17, 15) is 19.2 Å². The van der Waals surface area contributed by atoms with Crippen molar-refractivity contribution in [3.8, 4) is 0 Å². The average molecular weight is 384 g/mol. The molecule has 1 fully saturated rings. The molecule has 2 N–H and O–H groups in total. The Morgan fingerprint density at radius 2 is 1.32 bits per heavy atom. The Kier molecular flexibility index (Phi) is 9.39. The highest BCUT2D eigenvalue weighted by Crippen LogP contribution is 2.26. The van der Waals surface area contributed by atoms with Crippen LogP contribution in [0.15, 0.2) is 0 Å². The van der Waals surface area contributed by atoms with Gasteiger partial charge in [0.25, 0.3) is 0 Å². The summed E-state index contributed by atoms with van der Waals surface area (Å²) in [6, 6.07) is -1.10. The lowest BCUT2D eigenvalue weighted by Gasteiger charge is -2.42. The van der Waals surface area contributed by atoms with E-state index in [4.69, 9.17) is 29.4 Å². The van der Waals surface area contributed by atoms with Crippen molar-refractivity contribution in [2.75, 3.05) is 6.61 Å². The van der Waals surface area contributed by atoms with Gasteiger partial charge < -0.3 is 29.4 Å². The fourth-order valence-corrected chi connectivity index (χ4v) is 2.20. The molecule has 25 heavy (non-hydrogen) atoms. The van der Waals surface area contributed by atoms with Gasteiger partial charge in [-0.15, -0.1) is 12.4 Å². The van der Waals surface area contributed by atoms with Crippen molar-refractivity contribution >= 4 is 36.3 Å². The van der Waals surface area contributed by atoms with Crippen molar-refractivity contribution in [1.82, 2.24) is 0 Å². The molecule has 1 heterocycles. The summed E-state index contributed by atoms with van der Waals surface area (Å²) in [5, 5.41) is 0. The first-order chi connectivity index (χ1) is 11.1. The van der Waals surface area contributed by atoms with Gasteiger partial charge in [0.1, 0.15) is 18.8 Å². The van der Waals surface area contributed by atoms with Crippen molar-refractivity contribution in [3.05, 3.63) is 0 Å². The Morgan fingerprint density at radius 3 is 1.76 bits per heavy atom. The summed E-state index contributed by atoms with van der Waals surface area (Å²) in [7, 11) is 0. The van der Waals surface area contributed by atoms with Gasteiger partial charge in [-0.2, -0.15) is 0 Å². The zero-order chi connectivity index (χ0) is 18.4. The van der Waals surface area contributed by atoms with E-state index in [0.717, 1.165) is 20.8 Å². The molecule has 0 saturated carbocycles. The highest BCUT2D eigenvalue weighted by atomic mass is 35.5. The first-order valence-electron chi connectivity index (χ1n) is 7.18. The predicted molar refractivity (Wildman–Crippen MR) is 83.4 cm³/mol. The van der Waals surface area contributed by atoms with Gasteiger partial charge in [-0.25, -0.2) is 0 Å². The molecule has 11 heteroatoms. The van der Waals surface area contributed by atoms with Crippen LogP contribution in [-0.2, 0) is 42.9 Å².